The molecule has 0 radical (unpaired) electrons. The molecule has 0 saturated carbocycles. The number of alkyl halides is 3. The molecule has 0 amide bonds. The zero-order valence-corrected chi connectivity index (χ0v) is 87.3. The highest BCUT2D eigenvalue weighted by atomic mass is 79.9. The van der Waals surface area contributed by atoms with E-state index < -0.39 is 31.4 Å². The van der Waals surface area contributed by atoms with E-state index in [1.807, 2.05) is 97.5 Å². The second-order valence-electron chi connectivity index (χ2n) is 36.4. The van der Waals surface area contributed by atoms with Crippen LogP contribution in [0, 0.1) is 99.1 Å². The number of unbranched alkanes of at least 4 members (excludes halogenated alkanes) is 1. The number of aryl methyl sites for hydroxylation is 6. The van der Waals surface area contributed by atoms with Gasteiger partial charge in [-0.2, -0.15) is 13.2 Å². The molecule has 0 spiro atoms. The standard InChI is InChI=1S/C35H40S2Si.C32H19Br2F3S2.C29H15F3S2.C22H12S2/c1-10-12-14-25-18-31-26(13-11-2)28-19-32-29(20-33(28)35(31)37-25)27(30-17-24(9)36-34(30)32)15-16-38(21(3)4,22(5)6)23(7)8;1-14-4-15(2)6-17(5-14)28-20-10-23-21(11-22(20)30-24(28)12-26(33)38-30)29(25-13-27(34)39-31(23)25)18-7-16(3)8-19(9-18)32(35,36)37;1-14-4-2-5-21(30)24(14)25-15-8-10-33-28(15)19-13-18-20(12-17(19)25)29-16(9-11-34-29)26(18)27-22(31)6-3-7-23(27)32;1-3-5-13-15-7-9-23-21(15)19-12-18-14(6-4-2)16-8-10-24-22(16)20(18)11-17(13)19/h17-23H,10,12,14H2,1-9H3;4-13H,1-3H3;2-13H,1H3;7-12H,1-2H3. The molecule has 17 heteroatoms. The molecule has 0 atom stereocenters. The lowest BCUT2D eigenvalue weighted by molar-refractivity contribution is -0.137. The van der Waals surface area contributed by atoms with Crippen molar-refractivity contribution in [1.29, 1.82) is 0 Å². The molecular weight excluding hydrogens is 1980 g/mol. The van der Waals surface area contributed by atoms with Gasteiger partial charge in [0.15, 0.2) is 0 Å². The Balaban J connectivity index is 0.000000109. The van der Waals surface area contributed by atoms with Crippen LogP contribution in [0.25, 0.3) is 128 Å². The third kappa shape index (κ3) is 15.0. The molecule has 8 heterocycles. The fraction of sp³-hybridized carbons (Fsp3) is 0.186. The van der Waals surface area contributed by atoms with Gasteiger partial charge in [-0.05, 0) is 320 Å². The molecule has 0 nitrogen and oxygen atoms in total. The summed E-state index contributed by atoms with van der Waals surface area (Å²) in [5.41, 5.74) is 38.6. The molecular formula is C118H86Br2F6S8Si. The minimum absolute atomic E-state index is 0.000554. The van der Waals surface area contributed by atoms with Gasteiger partial charge in [0.1, 0.15) is 25.5 Å². The summed E-state index contributed by atoms with van der Waals surface area (Å²) < 4.78 is 88.5. The quantitative estimate of drug-likeness (QED) is 0.0727. The fourth-order valence-electron chi connectivity index (χ4n) is 21.8. The number of hydrogen-bond acceptors (Lipinski definition) is 8. The SMILES string of the molecule is CC#CC1=c2cc3c(cc2-c2sc(CCCC)cc21)=C(C#C[Si](C(C)C)(C(C)C)C(C)C)c1cc(C)sc1-3.CC#CC1=c2cc3c(cc2-c2sccc21)=C(C#CC)c1ccsc1-3.Cc1cc(C)cc(C2=c3cc4c(cc3-c3sc(Br)cc32)=C(c2cc(C)cc(C(F)(F)F)c2)c2cc(Br)sc2-4)c1.Cc1cccc(F)c1C1=c2cc3c(cc2-c2sccc21)=C(c1c(F)cccc1F)c1ccsc1-3. The Morgan fingerprint density at radius 3 is 1.16 bits per heavy atom. The van der Waals surface area contributed by atoms with Gasteiger partial charge < -0.3 is 0 Å². The predicted octanol–water partition coefficient (Wildman–Crippen LogP) is 30.0. The van der Waals surface area contributed by atoms with Crippen molar-refractivity contribution in [3.05, 3.63) is 362 Å². The van der Waals surface area contributed by atoms with Crippen LogP contribution in [0.2, 0.25) is 16.6 Å². The highest BCUT2D eigenvalue weighted by Gasteiger charge is 2.43. The van der Waals surface area contributed by atoms with E-state index in [-0.39, 0.29) is 11.4 Å². The van der Waals surface area contributed by atoms with Crippen molar-refractivity contribution in [2.75, 3.05) is 0 Å². The molecule has 0 N–H and O–H groups in total. The predicted molar refractivity (Wildman–Crippen MR) is 573 cm³/mol. The number of fused-ring (bicyclic) bond motifs is 24. The van der Waals surface area contributed by atoms with E-state index in [0.29, 0.717) is 38.9 Å². The summed E-state index contributed by atoms with van der Waals surface area (Å²) in [5.74, 6) is 22.0. The lowest BCUT2D eigenvalue weighted by Crippen LogP contribution is -2.43. The maximum Gasteiger partial charge on any atom is 0.416 e. The Bertz CT molecular complexity index is 8460. The summed E-state index contributed by atoms with van der Waals surface area (Å²) in [6.07, 6.45) is -0.782. The second kappa shape index (κ2) is 35.1. The average Bonchev–Trinajstić information content (AvgIpc) is 1.51. The van der Waals surface area contributed by atoms with Crippen molar-refractivity contribution in [3.63, 3.8) is 0 Å². The molecule has 0 bridgehead atoms. The van der Waals surface area contributed by atoms with Crippen LogP contribution >= 0.6 is 123 Å². The summed E-state index contributed by atoms with van der Waals surface area (Å²) in [7, 11) is -1.84. The van der Waals surface area contributed by atoms with E-state index >= 15 is 4.39 Å². The Morgan fingerprint density at radius 2 is 0.711 bits per heavy atom. The molecule has 24 rings (SSSR count). The smallest absolute Gasteiger partial charge is 0.206 e. The third-order valence-corrected chi connectivity index (χ3v) is 43.0. The largest absolute Gasteiger partial charge is 0.416 e. The first-order valence-corrected chi connectivity index (χ1v) is 55.8. The Kier molecular flexibility index (Phi) is 23.6. The molecule has 0 fully saturated rings. The minimum Gasteiger partial charge on any atom is -0.206 e. The minimum atomic E-state index is -4.41. The first kappa shape index (κ1) is 90.8. The number of rotatable bonds is 10. The van der Waals surface area contributed by atoms with Crippen LogP contribution in [0.3, 0.4) is 0 Å². The summed E-state index contributed by atoms with van der Waals surface area (Å²) >= 11 is 21.3. The maximum atomic E-state index is 15.1. The van der Waals surface area contributed by atoms with Crippen LogP contribution in [-0.2, 0) is 12.6 Å². The van der Waals surface area contributed by atoms with E-state index in [9.17, 15) is 22.0 Å². The van der Waals surface area contributed by atoms with Gasteiger partial charge in [-0.1, -0.05) is 132 Å². The summed E-state index contributed by atoms with van der Waals surface area (Å²) in [4.78, 5) is 12.6. The van der Waals surface area contributed by atoms with Gasteiger partial charge in [0.05, 0.1) is 18.7 Å². The van der Waals surface area contributed by atoms with Crippen molar-refractivity contribution >= 4 is 175 Å². The van der Waals surface area contributed by atoms with Gasteiger partial charge >= 0.3 is 6.18 Å². The highest BCUT2D eigenvalue weighted by Crippen LogP contribution is 2.53. The molecule has 8 aliphatic rings. The molecule has 0 aliphatic heterocycles. The molecule has 16 aromatic rings. The number of benzene rings is 8. The van der Waals surface area contributed by atoms with E-state index in [4.69, 9.17) is 0 Å². The van der Waals surface area contributed by atoms with E-state index in [2.05, 4.69) is 250 Å². The lowest BCUT2D eigenvalue weighted by Gasteiger charge is -2.38. The number of hydrogen-bond donors (Lipinski definition) is 0. The van der Waals surface area contributed by atoms with Crippen molar-refractivity contribution < 1.29 is 26.3 Å². The molecule has 8 aromatic carbocycles. The van der Waals surface area contributed by atoms with Crippen molar-refractivity contribution in [1.82, 2.24) is 0 Å². The van der Waals surface area contributed by atoms with Crippen molar-refractivity contribution in [2.45, 2.75) is 146 Å². The molecule has 0 saturated heterocycles. The lowest BCUT2D eigenvalue weighted by atomic mass is 9.95. The van der Waals surface area contributed by atoms with Crippen LogP contribution in [0.1, 0.15) is 186 Å². The number of thiophene rings is 8. The summed E-state index contributed by atoms with van der Waals surface area (Å²) in [6.45, 7) is 32.6. The monoisotopic (exact) mass is 2060 g/mol. The summed E-state index contributed by atoms with van der Waals surface area (Å²) in [6, 6.07) is 55.6. The van der Waals surface area contributed by atoms with Crippen LogP contribution in [0.4, 0.5) is 26.3 Å². The Hall–Kier alpha value is -10.7. The zero-order valence-electron chi connectivity index (χ0n) is 76.6. The normalized spacial score (nSPS) is 13.2. The van der Waals surface area contributed by atoms with Crippen LogP contribution in [0.5, 0.6) is 0 Å². The van der Waals surface area contributed by atoms with Crippen molar-refractivity contribution in [2.24, 2.45) is 0 Å². The first-order valence-electron chi connectivity index (χ1n) is 45.2. The highest BCUT2D eigenvalue weighted by molar-refractivity contribution is 9.11. The second-order valence-corrected chi connectivity index (χ2v) is 52.9. The van der Waals surface area contributed by atoms with Gasteiger partial charge in [0, 0.05) is 198 Å². The van der Waals surface area contributed by atoms with E-state index in [1.54, 1.807) is 81.0 Å². The topological polar surface area (TPSA) is 0 Å². The molecule has 666 valence electrons. The maximum absolute atomic E-state index is 15.1. The van der Waals surface area contributed by atoms with Gasteiger partial charge in [0.25, 0.3) is 0 Å². The van der Waals surface area contributed by atoms with E-state index in [1.165, 1.54) is 204 Å². The van der Waals surface area contributed by atoms with Crippen LogP contribution < -0.4 is 41.7 Å². The number of halogens is 8. The van der Waals surface area contributed by atoms with Gasteiger partial charge in [-0.25, -0.2) is 13.2 Å². The fourth-order valence-corrected chi connectivity index (χ4v) is 36.3. The van der Waals surface area contributed by atoms with Gasteiger partial charge in [-0.3, -0.25) is 0 Å². The van der Waals surface area contributed by atoms with Crippen LogP contribution in [0.15, 0.2) is 199 Å². The van der Waals surface area contributed by atoms with Crippen LogP contribution in [-0.4, -0.2) is 8.07 Å². The first-order chi connectivity index (χ1) is 65.0. The Morgan fingerprint density at radius 1 is 0.348 bits per heavy atom. The van der Waals surface area contributed by atoms with Crippen molar-refractivity contribution in [3.8, 4) is 131 Å². The molecule has 135 heavy (non-hydrogen) atoms. The molecule has 8 aliphatic carbocycles. The average molecular weight is 2060 g/mol. The molecule has 0 unspecified atom stereocenters. The van der Waals surface area contributed by atoms with Gasteiger partial charge in [-0.15, -0.1) is 114 Å². The van der Waals surface area contributed by atoms with Gasteiger partial charge in [0.2, 0.25) is 0 Å². The summed E-state index contributed by atoms with van der Waals surface area (Å²) in [5, 5.41) is 17.4. The Labute approximate surface area is 832 Å². The zero-order chi connectivity index (χ0) is 94.1. The third-order valence-electron chi connectivity index (χ3n) is 27.3. The molecule has 8 aromatic heterocycles. The van der Waals surface area contributed by atoms with E-state index in [0.717, 1.165) is 99.9 Å².